The van der Waals surface area contributed by atoms with Gasteiger partial charge in [0, 0.05) is 17.2 Å². The van der Waals surface area contributed by atoms with Gasteiger partial charge in [0.2, 0.25) is 0 Å². The third-order valence-corrected chi connectivity index (χ3v) is 3.09. The van der Waals surface area contributed by atoms with Crippen molar-refractivity contribution in [3.8, 4) is 0 Å². The smallest absolute Gasteiger partial charge is 0.0646 e. The summed E-state index contributed by atoms with van der Waals surface area (Å²) in [5, 5.41) is 3.90. The number of halogens is 1. The number of thioether (sulfide) groups is 1. The normalized spacial score (nSPS) is 10.4. The van der Waals surface area contributed by atoms with Gasteiger partial charge in [0.15, 0.2) is 0 Å². The first kappa shape index (κ1) is 11.7. The first-order valence-corrected chi connectivity index (χ1v) is 5.99. The molecule has 1 aromatic rings. The lowest BCUT2D eigenvalue weighted by Gasteiger charge is -2.04. The van der Waals surface area contributed by atoms with Crippen molar-refractivity contribution >= 4 is 29.1 Å². The summed E-state index contributed by atoms with van der Waals surface area (Å²) in [4.78, 5) is 1.17. The van der Waals surface area contributed by atoms with Crippen LogP contribution in [0.25, 0.3) is 0 Å². The van der Waals surface area contributed by atoms with E-state index in [0.717, 1.165) is 18.8 Å². The molecule has 78 valence electrons. The summed E-state index contributed by atoms with van der Waals surface area (Å²) in [6.07, 6.45) is 0. The van der Waals surface area contributed by atoms with Crippen molar-refractivity contribution in [3.63, 3.8) is 0 Å². The molecular weight excluding hydrogens is 216 g/mol. The zero-order chi connectivity index (χ0) is 10.4. The number of hydrogen-bond acceptors (Lipinski definition) is 3. The van der Waals surface area contributed by atoms with Crippen molar-refractivity contribution in [1.82, 2.24) is 5.32 Å². The molecule has 0 fully saturated rings. The van der Waals surface area contributed by atoms with E-state index in [-0.39, 0.29) is 0 Å². The van der Waals surface area contributed by atoms with Gasteiger partial charge >= 0.3 is 0 Å². The monoisotopic (exact) mass is 230 g/mol. The van der Waals surface area contributed by atoms with Crippen LogP contribution in [-0.2, 0) is 0 Å². The van der Waals surface area contributed by atoms with Gasteiger partial charge in [-0.15, -0.1) is 11.8 Å². The maximum atomic E-state index is 5.90. The predicted molar refractivity (Wildman–Crippen MR) is 65.1 cm³/mol. The van der Waals surface area contributed by atoms with Crippen LogP contribution < -0.4 is 11.1 Å². The van der Waals surface area contributed by atoms with Crippen LogP contribution in [0, 0.1) is 0 Å². The lowest BCUT2D eigenvalue weighted by Crippen LogP contribution is -2.15. The predicted octanol–water partition coefficient (Wildman–Crippen LogP) is 2.62. The Morgan fingerprint density at radius 3 is 2.93 bits per heavy atom. The van der Waals surface area contributed by atoms with Crippen LogP contribution in [0.3, 0.4) is 0 Å². The molecule has 1 aromatic carbocycles. The first-order chi connectivity index (χ1) is 6.74. The minimum absolute atomic E-state index is 0.637. The fourth-order valence-corrected chi connectivity index (χ4v) is 2.11. The Morgan fingerprint density at radius 1 is 1.50 bits per heavy atom. The highest BCUT2D eigenvalue weighted by Crippen LogP contribution is 2.25. The van der Waals surface area contributed by atoms with Gasteiger partial charge in [-0.25, -0.2) is 0 Å². The van der Waals surface area contributed by atoms with Gasteiger partial charge < -0.3 is 11.1 Å². The van der Waals surface area contributed by atoms with E-state index >= 15 is 0 Å². The minimum Gasteiger partial charge on any atom is -0.398 e. The molecule has 0 atom stereocenters. The van der Waals surface area contributed by atoms with E-state index in [1.165, 1.54) is 4.90 Å². The quantitative estimate of drug-likeness (QED) is 0.464. The minimum atomic E-state index is 0.637. The van der Waals surface area contributed by atoms with Gasteiger partial charge in [0.25, 0.3) is 0 Å². The molecule has 0 radical (unpaired) electrons. The molecule has 3 N–H and O–H groups in total. The Labute approximate surface area is 94.2 Å². The van der Waals surface area contributed by atoms with Crippen molar-refractivity contribution in [2.24, 2.45) is 0 Å². The summed E-state index contributed by atoms with van der Waals surface area (Å²) in [6.45, 7) is 4.14. The summed E-state index contributed by atoms with van der Waals surface area (Å²) in [5.41, 5.74) is 6.25. The molecule has 0 amide bonds. The molecule has 0 aliphatic rings. The SMILES string of the molecule is CCNCCSc1ccc(N)c(Cl)c1. The number of anilines is 1. The second kappa shape index (κ2) is 6.17. The highest BCUT2D eigenvalue weighted by atomic mass is 35.5. The van der Waals surface area contributed by atoms with Gasteiger partial charge in [-0.1, -0.05) is 18.5 Å². The van der Waals surface area contributed by atoms with E-state index < -0.39 is 0 Å². The molecule has 0 saturated carbocycles. The molecule has 0 spiro atoms. The maximum absolute atomic E-state index is 5.90. The van der Waals surface area contributed by atoms with Gasteiger partial charge in [-0.3, -0.25) is 0 Å². The van der Waals surface area contributed by atoms with Gasteiger partial charge in [0.1, 0.15) is 0 Å². The van der Waals surface area contributed by atoms with Crippen LogP contribution in [0.15, 0.2) is 23.1 Å². The van der Waals surface area contributed by atoms with E-state index in [4.69, 9.17) is 17.3 Å². The van der Waals surface area contributed by atoms with Crippen molar-refractivity contribution in [1.29, 1.82) is 0 Å². The maximum Gasteiger partial charge on any atom is 0.0646 e. The Morgan fingerprint density at radius 2 is 2.29 bits per heavy atom. The fraction of sp³-hybridized carbons (Fsp3) is 0.400. The Bertz CT molecular complexity index is 291. The van der Waals surface area contributed by atoms with Crippen LogP contribution in [0.1, 0.15) is 6.92 Å². The molecule has 14 heavy (non-hydrogen) atoms. The molecular formula is C10H15ClN2S. The van der Waals surface area contributed by atoms with E-state index in [9.17, 15) is 0 Å². The molecule has 0 heterocycles. The molecule has 0 bridgehead atoms. The number of hydrogen-bond donors (Lipinski definition) is 2. The summed E-state index contributed by atoms with van der Waals surface area (Å²) in [5.74, 6) is 1.05. The van der Waals surface area contributed by atoms with E-state index in [1.54, 1.807) is 11.8 Å². The molecule has 0 aliphatic carbocycles. The highest BCUT2D eigenvalue weighted by Gasteiger charge is 1.98. The lowest BCUT2D eigenvalue weighted by atomic mass is 10.3. The van der Waals surface area contributed by atoms with Gasteiger partial charge in [-0.2, -0.15) is 0 Å². The number of nitrogens with two attached hydrogens (primary N) is 1. The molecule has 4 heteroatoms. The van der Waals surface area contributed by atoms with Crippen LogP contribution >= 0.6 is 23.4 Å². The number of benzene rings is 1. The lowest BCUT2D eigenvalue weighted by molar-refractivity contribution is 0.768. The van der Waals surface area contributed by atoms with Crippen LogP contribution in [0.4, 0.5) is 5.69 Å². The molecule has 0 aromatic heterocycles. The van der Waals surface area contributed by atoms with Crippen LogP contribution in [0.2, 0.25) is 5.02 Å². The first-order valence-electron chi connectivity index (χ1n) is 4.62. The van der Waals surface area contributed by atoms with Gasteiger partial charge in [0.05, 0.1) is 10.7 Å². The molecule has 0 aliphatic heterocycles. The summed E-state index contributed by atoms with van der Waals surface area (Å²) in [6, 6.07) is 5.75. The summed E-state index contributed by atoms with van der Waals surface area (Å²) in [7, 11) is 0. The molecule has 1 rings (SSSR count). The van der Waals surface area contributed by atoms with Crippen LogP contribution in [0.5, 0.6) is 0 Å². The average Bonchev–Trinajstić information content (AvgIpc) is 2.18. The van der Waals surface area contributed by atoms with E-state index in [2.05, 4.69) is 12.2 Å². The molecule has 2 nitrogen and oxygen atoms in total. The Hall–Kier alpha value is -0.380. The number of nitrogens with one attached hydrogen (secondary N) is 1. The topological polar surface area (TPSA) is 38.0 Å². The molecule has 0 saturated heterocycles. The Kier molecular flexibility index (Phi) is 5.15. The van der Waals surface area contributed by atoms with E-state index in [1.807, 2.05) is 18.2 Å². The molecule has 0 unspecified atom stereocenters. The number of rotatable bonds is 5. The third-order valence-electron chi connectivity index (χ3n) is 1.77. The average molecular weight is 231 g/mol. The Balaban J connectivity index is 2.39. The summed E-state index contributed by atoms with van der Waals surface area (Å²) < 4.78 is 0. The van der Waals surface area contributed by atoms with Gasteiger partial charge in [-0.05, 0) is 24.7 Å². The zero-order valence-electron chi connectivity index (χ0n) is 8.22. The standard InChI is InChI=1S/C10H15ClN2S/c1-2-13-5-6-14-8-3-4-10(12)9(11)7-8/h3-4,7,13H,2,5-6,12H2,1H3. The highest BCUT2D eigenvalue weighted by molar-refractivity contribution is 7.99. The van der Waals surface area contributed by atoms with Crippen molar-refractivity contribution in [2.75, 3.05) is 24.6 Å². The van der Waals surface area contributed by atoms with E-state index in [0.29, 0.717) is 10.7 Å². The van der Waals surface area contributed by atoms with Crippen molar-refractivity contribution < 1.29 is 0 Å². The van der Waals surface area contributed by atoms with Crippen LogP contribution in [-0.4, -0.2) is 18.8 Å². The second-order valence-corrected chi connectivity index (χ2v) is 4.46. The van der Waals surface area contributed by atoms with Crippen molar-refractivity contribution in [3.05, 3.63) is 23.2 Å². The number of nitrogen functional groups attached to an aromatic ring is 1. The third kappa shape index (κ3) is 3.78. The van der Waals surface area contributed by atoms with Crippen molar-refractivity contribution in [2.45, 2.75) is 11.8 Å². The summed E-state index contributed by atoms with van der Waals surface area (Å²) >= 11 is 7.68. The zero-order valence-corrected chi connectivity index (χ0v) is 9.79. The fourth-order valence-electron chi connectivity index (χ4n) is 1.02. The second-order valence-electron chi connectivity index (χ2n) is 2.89. The largest absolute Gasteiger partial charge is 0.398 e.